The van der Waals surface area contributed by atoms with E-state index in [2.05, 4.69) is 19.8 Å². The van der Waals surface area contributed by atoms with Crippen molar-refractivity contribution in [3.05, 3.63) is 54.6 Å². The van der Waals surface area contributed by atoms with E-state index in [0.717, 1.165) is 6.21 Å². The Kier molecular flexibility index (Phi) is 4.62. The first kappa shape index (κ1) is 17.5. The van der Waals surface area contributed by atoms with E-state index < -0.39 is 18.0 Å². The van der Waals surface area contributed by atoms with E-state index in [9.17, 15) is 9.18 Å². The highest BCUT2D eigenvalue weighted by Crippen LogP contribution is 2.26. The van der Waals surface area contributed by atoms with Crippen molar-refractivity contribution in [1.29, 1.82) is 0 Å². The van der Waals surface area contributed by atoms with Gasteiger partial charge in [0.1, 0.15) is 30.7 Å². The maximum absolute atomic E-state index is 14.6. The lowest BCUT2D eigenvalue weighted by molar-refractivity contribution is 0.102. The van der Waals surface area contributed by atoms with Crippen LogP contribution in [0.25, 0.3) is 5.69 Å². The van der Waals surface area contributed by atoms with Crippen molar-refractivity contribution in [3.63, 3.8) is 0 Å². The number of cyclic esters (lactones) is 1. The van der Waals surface area contributed by atoms with Crippen LogP contribution in [0.2, 0.25) is 0 Å². The summed E-state index contributed by atoms with van der Waals surface area (Å²) in [6.45, 7) is 0.303. The van der Waals surface area contributed by atoms with E-state index in [4.69, 9.17) is 14.7 Å². The third-order valence-corrected chi connectivity index (χ3v) is 4.02. The topological polar surface area (TPSA) is 115 Å². The number of aromatic nitrogens is 3. The van der Waals surface area contributed by atoms with E-state index in [0.29, 0.717) is 11.4 Å². The van der Waals surface area contributed by atoms with Crippen molar-refractivity contribution < 1.29 is 28.4 Å². The van der Waals surface area contributed by atoms with E-state index in [1.165, 1.54) is 46.5 Å². The van der Waals surface area contributed by atoms with Gasteiger partial charge >= 0.3 is 6.09 Å². The van der Waals surface area contributed by atoms with Crippen molar-refractivity contribution in [2.24, 2.45) is 5.16 Å². The second kappa shape index (κ2) is 7.39. The van der Waals surface area contributed by atoms with E-state index >= 15 is 0 Å². The molecule has 28 heavy (non-hydrogen) atoms. The number of hydrogen-bond donors (Lipinski definition) is 1. The first-order valence-corrected chi connectivity index (χ1v) is 8.16. The van der Waals surface area contributed by atoms with Gasteiger partial charge in [-0.15, -0.1) is 0 Å². The molecule has 0 aliphatic carbocycles. The minimum absolute atomic E-state index is 0.0968. The summed E-state index contributed by atoms with van der Waals surface area (Å²) in [6.07, 6.45) is 4.26. The van der Waals surface area contributed by atoms with Gasteiger partial charge < -0.3 is 23.8 Å². The molecule has 0 bridgehead atoms. The molecule has 1 N–H and O–H groups in total. The Hall–Kier alpha value is -3.89. The van der Waals surface area contributed by atoms with Gasteiger partial charge in [-0.1, -0.05) is 5.16 Å². The number of carbonyl (C=O) groups is 1. The number of nitrogens with zero attached hydrogens (tertiary/aromatic N) is 5. The van der Waals surface area contributed by atoms with Gasteiger partial charge in [-0.05, 0) is 23.4 Å². The van der Waals surface area contributed by atoms with Gasteiger partial charge in [0, 0.05) is 12.3 Å². The molecule has 1 aliphatic rings. The van der Waals surface area contributed by atoms with Gasteiger partial charge in [0.25, 0.3) is 5.88 Å². The molecule has 1 atom stereocenters. The van der Waals surface area contributed by atoms with Crippen molar-refractivity contribution in [2.75, 3.05) is 18.1 Å². The molecule has 1 fully saturated rings. The predicted molar refractivity (Wildman–Crippen MR) is 92.5 cm³/mol. The average Bonchev–Trinajstić information content (AvgIpc) is 3.41. The van der Waals surface area contributed by atoms with E-state index in [-0.39, 0.29) is 24.7 Å². The number of halogens is 1. The van der Waals surface area contributed by atoms with Crippen LogP contribution in [0.1, 0.15) is 5.69 Å². The lowest BCUT2D eigenvalue weighted by Gasteiger charge is -2.14. The van der Waals surface area contributed by atoms with Crippen LogP contribution < -0.4 is 9.64 Å². The summed E-state index contributed by atoms with van der Waals surface area (Å²) in [6, 6.07) is 5.88. The average molecular weight is 387 g/mol. The Morgan fingerprint density at radius 1 is 1.43 bits per heavy atom. The van der Waals surface area contributed by atoms with Crippen molar-refractivity contribution in [1.82, 2.24) is 14.7 Å². The number of carbonyl (C=O) groups excluding carboxylic acids is 1. The molecule has 0 radical (unpaired) electrons. The molecular formula is C17H14FN5O5. The molecule has 1 amide bonds. The Morgan fingerprint density at radius 3 is 3.07 bits per heavy atom. The fourth-order valence-corrected chi connectivity index (χ4v) is 2.74. The van der Waals surface area contributed by atoms with Crippen molar-refractivity contribution in [2.45, 2.75) is 6.10 Å². The Balaban J connectivity index is 1.46. The van der Waals surface area contributed by atoms with Crippen LogP contribution in [0.4, 0.5) is 14.9 Å². The van der Waals surface area contributed by atoms with Gasteiger partial charge in [0.2, 0.25) is 0 Å². The first-order chi connectivity index (χ1) is 13.6. The molecule has 11 heteroatoms. The zero-order valence-corrected chi connectivity index (χ0v) is 14.3. The molecule has 0 unspecified atom stereocenters. The fraction of sp³-hybridized carbons (Fsp3) is 0.176. The third kappa shape index (κ3) is 3.49. The lowest BCUT2D eigenvalue weighted by atomic mass is 10.2. The highest BCUT2D eigenvalue weighted by molar-refractivity contribution is 5.89. The first-order valence-electron chi connectivity index (χ1n) is 8.16. The number of rotatable bonds is 6. The highest BCUT2D eigenvalue weighted by Gasteiger charge is 2.33. The molecule has 144 valence electrons. The summed E-state index contributed by atoms with van der Waals surface area (Å²) in [7, 11) is 0. The normalized spacial score (nSPS) is 16.7. The summed E-state index contributed by atoms with van der Waals surface area (Å²) in [5, 5.41) is 15.0. The summed E-state index contributed by atoms with van der Waals surface area (Å²) < 4.78 is 31.3. The molecule has 0 spiro atoms. The number of benzene rings is 1. The maximum Gasteiger partial charge on any atom is 0.414 e. The van der Waals surface area contributed by atoms with Crippen molar-refractivity contribution in [3.8, 4) is 11.6 Å². The quantitative estimate of drug-likeness (QED) is 0.392. The minimum Gasteiger partial charge on any atom is -0.471 e. The van der Waals surface area contributed by atoms with Gasteiger partial charge in [0.05, 0.1) is 24.1 Å². The third-order valence-electron chi connectivity index (χ3n) is 4.02. The molecule has 10 nitrogen and oxygen atoms in total. The number of ether oxygens (including phenoxy) is 2. The van der Waals surface area contributed by atoms with Gasteiger partial charge in [-0.25, -0.2) is 14.2 Å². The molecular weight excluding hydrogens is 373 g/mol. The van der Waals surface area contributed by atoms with Gasteiger partial charge in [-0.2, -0.15) is 0 Å². The number of hydrogen-bond acceptors (Lipinski definition) is 8. The van der Waals surface area contributed by atoms with Crippen LogP contribution in [0.15, 0.2) is 52.7 Å². The summed E-state index contributed by atoms with van der Waals surface area (Å²) >= 11 is 0. The molecule has 4 rings (SSSR count). The van der Waals surface area contributed by atoms with Gasteiger partial charge in [-0.3, -0.25) is 4.90 Å². The molecule has 1 saturated heterocycles. The molecule has 1 aromatic carbocycles. The smallest absolute Gasteiger partial charge is 0.414 e. The summed E-state index contributed by atoms with van der Waals surface area (Å²) in [5.41, 5.74) is 0.948. The van der Waals surface area contributed by atoms with E-state index in [1.807, 2.05) is 0 Å². The van der Waals surface area contributed by atoms with E-state index in [1.54, 1.807) is 6.07 Å². The fourth-order valence-electron chi connectivity index (χ4n) is 2.74. The number of amides is 1. The Labute approximate surface area is 157 Å². The second-order valence-electron chi connectivity index (χ2n) is 5.85. The monoisotopic (exact) mass is 387 g/mol. The van der Waals surface area contributed by atoms with Crippen molar-refractivity contribution >= 4 is 18.0 Å². The van der Waals surface area contributed by atoms with Crippen LogP contribution in [-0.2, 0) is 4.74 Å². The Bertz CT molecular complexity index is 1000. The van der Waals surface area contributed by atoms with Crippen LogP contribution in [0.3, 0.4) is 0 Å². The summed E-state index contributed by atoms with van der Waals surface area (Å²) in [4.78, 5) is 17.4. The number of imidazole rings is 1. The number of oxime groups is 1. The zero-order chi connectivity index (χ0) is 19.5. The van der Waals surface area contributed by atoms with Crippen LogP contribution in [0.5, 0.6) is 5.88 Å². The minimum atomic E-state index is -0.593. The van der Waals surface area contributed by atoms with Crippen LogP contribution >= 0.6 is 0 Å². The van der Waals surface area contributed by atoms with Crippen LogP contribution in [-0.4, -0.2) is 51.5 Å². The highest BCUT2D eigenvalue weighted by atomic mass is 19.1. The van der Waals surface area contributed by atoms with Crippen LogP contribution in [0, 0.1) is 5.82 Å². The predicted octanol–water partition coefficient (Wildman–Crippen LogP) is 2.21. The Morgan fingerprint density at radius 2 is 2.32 bits per heavy atom. The summed E-state index contributed by atoms with van der Waals surface area (Å²) in [5.74, 6) is -0.270. The lowest BCUT2D eigenvalue weighted by Crippen LogP contribution is -2.26. The maximum atomic E-state index is 14.6. The largest absolute Gasteiger partial charge is 0.471 e. The number of anilines is 1. The molecule has 2 aromatic heterocycles. The standard InChI is InChI=1S/C17H14FN5O5/c18-14-5-12(1-2-15(14)22-7-11(6-20-25)19-10-22)23-8-13(28-17(23)24)9-26-16-3-4-27-21-16/h1-7,10,13,25H,8-9H2/t13-/m1/s1. The SMILES string of the molecule is O=C1O[C@@H](COc2ccon2)CN1c1ccc(-n2cnc(C=NO)c2)c(F)c1. The molecule has 1 aliphatic heterocycles. The molecule has 0 saturated carbocycles. The zero-order valence-electron chi connectivity index (χ0n) is 14.3. The van der Waals surface area contributed by atoms with Gasteiger partial charge in [0.15, 0.2) is 6.10 Å². The molecule has 3 heterocycles. The second-order valence-corrected chi connectivity index (χ2v) is 5.85. The molecule has 3 aromatic rings.